The number of ether oxygens (including phenoxy) is 1. The highest BCUT2D eigenvalue weighted by molar-refractivity contribution is 5.95. The van der Waals surface area contributed by atoms with Gasteiger partial charge in [0.2, 0.25) is 5.91 Å². The quantitative estimate of drug-likeness (QED) is 0.678. The fraction of sp³-hybridized carbons (Fsp3) is 0.600. The summed E-state index contributed by atoms with van der Waals surface area (Å²) < 4.78 is 10.2. The van der Waals surface area contributed by atoms with Crippen LogP contribution in [0.25, 0.3) is 0 Å². The minimum atomic E-state index is -0.588. The van der Waals surface area contributed by atoms with Crippen molar-refractivity contribution in [2.45, 2.75) is 33.2 Å². The third kappa shape index (κ3) is 5.99. The average Bonchev–Trinajstić information content (AvgIpc) is 2.98. The van der Waals surface area contributed by atoms with Gasteiger partial charge in [-0.1, -0.05) is 13.8 Å². The fourth-order valence-corrected chi connectivity index (χ4v) is 1.80. The van der Waals surface area contributed by atoms with Gasteiger partial charge in [-0.05, 0) is 31.4 Å². The van der Waals surface area contributed by atoms with Crippen molar-refractivity contribution in [2.24, 2.45) is 5.92 Å². The van der Waals surface area contributed by atoms with Crippen LogP contribution in [0.15, 0.2) is 22.8 Å². The largest absolute Gasteiger partial charge is 0.459 e. The van der Waals surface area contributed by atoms with E-state index in [1.54, 1.807) is 12.1 Å². The molecule has 1 aromatic rings. The molecule has 0 saturated carbocycles. The van der Waals surface area contributed by atoms with E-state index < -0.39 is 6.04 Å². The first-order chi connectivity index (χ1) is 10.1. The predicted octanol–water partition coefficient (Wildman–Crippen LogP) is 1.58. The highest BCUT2D eigenvalue weighted by atomic mass is 16.5. The molecule has 0 spiro atoms. The highest BCUT2D eigenvalue weighted by Gasteiger charge is 2.25. The maximum absolute atomic E-state index is 12.1. The van der Waals surface area contributed by atoms with Crippen molar-refractivity contribution in [2.75, 3.05) is 19.8 Å². The first-order valence-electron chi connectivity index (χ1n) is 7.26. The fourth-order valence-electron chi connectivity index (χ4n) is 1.80. The molecule has 1 aromatic heterocycles. The smallest absolute Gasteiger partial charge is 0.287 e. The molecule has 21 heavy (non-hydrogen) atoms. The van der Waals surface area contributed by atoms with E-state index in [0.29, 0.717) is 19.8 Å². The van der Waals surface area contributed by atoms with Gasteiger partial charge in [-0.25, -0.2) is 0 Å². The van der Waals surface area contributed by atoms with E-state index in [1.807, 2.05) is 20.8 Å². The number of nitrogens with one attached hydrogen (secondary N) is 2. The van der Waals surface area contributed by atoms with Crippen LogP contribution in [0.2, 0.25) is 0 Å². The van der Waals surface area contributed by atoms with Gasteiger partial charge in [0.25, 0.3) is 5.91 Å². The number of carbonyl (C=O) groups excluding carboxylic acids is 2. The lowest BCUT2D eigenvalue weighted by Gasteiger charge is -2.21. The molecule has 0 fully saturated rings. The first kappa shape index (κ1) is 17.2. The van der Waals surface area contributed by atoms with E-state index in [-0.39, 0.29) is 23.5 Å². The van der Waals surface area contributed by atoms with Gasteiger partial charge in [0.15, 0.2) is 5.76 Å². The minimum Gasteiger partial charge on any atom is -0.459 e. The van der Waals surface area contributed by atoms with E-state index in [2.05, 4.69) is 10.6 Å². The van der Waals surface area contributed by atoms with Gasteiger partial charge in [-0.15, -0.1) is 0 Å². The molecule has 118 valence electrons. The second-order valence-electron chi connectivity index (χ2n) is 5.01. The van der Waals surface area contributed by atoms with Crippen LogP contribution < -0.4 is 10.6 Å². The van der Waals surface area contributed by atoms with Crippen LogP contribution in [0.5, 0.6) is 0 Å². The molecule has 6 heteroatoms. The molecule has 0 bridgehead atoms. The summed E-state index contributed by atoms with van der Waals surface area (Å²) in [5.41, 5.74) is 0. The molecular weight excluding hydrogens is 272 g/mol. The Morgan fingerprint density at radius 2 is 2.14 bits per heavy atom. The molecule has 0 aromatic carbocycles. The zero-order chi connectivity index (χ0) is 15.7. The van der Waals surface area contributed by atoms with Gasteiger partial charge in [0, 0.05) is 19.8 Å². The van der Waals surface area contributed by atoms with E-state index >= 15 is 0 Å². The second-order valence-corrected chi connectivity index (χ2v) is 5.01. The minimum absolute atomic E-state index is 0.0178. The second kappa shape index (κ2) is 9.18. The third-order valence-electron chi connectivity index (χ3n) is 2.95. The number of amides is 2. The van der Waals surface area contributed by atoms with Gasteiger partial charge in [0.1, 0.15) is 6.04 Å². The average molecular weight is 296 g/mol. The Morgan fingerprint density at radius 3 is 2.71 bits per heavy atom. The van der Waals surface area contributed by atoms with E-state index in [1.165, 1.54) is 6.26 Å². The molecule has 1 rings (SSSR count). The molecule has 1 heterocycles. The highest BCUT2D eigenvalue weighted by Crippen LogP contribution is 2.05. The molecule has 0 radical (unpaired) electrons. The summed E-state index contributed by atoms with van der Waals surface area (Å²) in [6.07, 6.45) is 2.17. The maximum Gasteiger partial charge on any atom is 0.287 e. The molecular formula is C15H24N2O4. The third-order valence-corrected chi connectivity index (χ3v) is 2.95. The summed E-state index contributed by atoms with van der Waals surface area (Å²) in [4.78, 5) is 24.1. The zero-order valence-electron chi connectivity index (χ0n) is 12.8. The van der Waals surface area contributed by atoms with Crippen molar-refractivity contribution in [3.63, 3.8) is 0 Å². The number of carbonyl (C=O) groups is 2. The Balaban J connectivity index is 2.45. The normalized spacial score (nSPS) is 12.2. The van der Waals surface area contributed by atoms with Crippen LogP contribution in [0, 0.1) is 5.92 Å². The first-order valence-corrected chi connectivity index (χ1v) is 7.26. The van der Waals surface area contributed by atoms with Crippen molar-refractivity contribution in [3.8, 4) is 0 Å². The summed E-state index contributed by atoms with van der Waals surface area (Å²) >= 11 is 0. The number of hydrogen-bond acceptors (Lipinski definition) is 4. The predicted molar refractivity (Wildman–Crippen MR) is 78.9 cm³/mol. The van der Waals surface area contributed by atoms with Crippen molar-refractivity contribution in [1.82, 2.24) is 10.6 Å². The molecule has 0 unspecified atom stereocenters. The summed E-state index contributed by atoms with van der Waals surface area (Å²) in [5.74, 6) is -0.398. The Morgan fingerprint density at radius 1 is 1.38 bits per heavy atom. The molecule has 6 nitrogen and oxygen atoms in total. The summed E-state index contributed by atoms with van der Waals surface area (Å²) in [7, 11) is 0. The van der Waals surface area contributed by atoms with Gasteiger partial charge in [-0.3, -0.25) is 9.59 Å². The molecule has 0 aliphatic rings. The van der Waals surface area contributed by atoms with Crippen molar-refractivity contribution in [1.29, 1.82) is 0 Å². The monoisotopic (exact) mass is 296 g/mol. The number of hydrogen-bond donors (Lipinski definition) is 2. The lowest BCUT2D eigenvalue weighted by molar-refractivity contribution is -0.124. The standard InChI is InChI=1S/C15H24N2O4/c1-4-20-9-6-8-16-15(19)13(11(2)3)17-14(18)12-7-5-10-21-12/h5,7,10-11,13H,4,6,8-9H2,1-3H3,(H,16,19)(H,17,18)/t13-/m0/s1. The van der Waals surface area contributed by atoms with Crippen LogP contribution in [-0.4, -0.2) is 37.6 Å². The number of furan rings is 1. The molecule has 1 atom stereocenters. The van der Waals surface area contributed by atoms with Crippen LogP contribution in [0.4, 0.5) is 0 Å². The van der Waals surface area contributed by atoms with Crippen LogP contribution in [-0.2, 0) is 9.53 Å². The van der Waals surface area contributed by atoms with Crippen LogP contribution in [0.1, 0.15) is 37.7 Å². The van der Waals surface area contributed by atoms with Gasteiger partial charge < -0.3 is 19.8 Å². The van der Waals surface area contributed by atoms with Gasteiger partial charge in [0.05, 0.1) is 6.26 Å². The Labute approximate surface area is 125 Å². The summed E-state index contributed by atoms with van der Waals surface area (Å²) in [6.45, 7) is 7.50. The van der Waals surface area contributed by atoms with Gasteiger partial charge >= 0.3 is 0 Å². The molecule has 0 saturated heterocycles. The molecule has 0 aliphatic heterocycles. The lowest BCUT2D eigenvalue weighted by Crippen LogP contribution is -2.49. The van der Waals surface area contributed by atoms with E-state index in [0.717, 1.165) is 6.42 Å². The van der Waals surface area contributed by atoms with Crippen LogP contribution >= 0.6 is 0 Å². The number of rotatable bonds is 9. The Bertz CT molecular complexity index is 429. The summed E-state index contributed by atoms with van der Waals surface area (Å²) in [6, 6.07) is 2.61. The van der Waals surface area contributed by atoms with E-state index in [9.17, 15) is 9.59 Å². The summed E-state index contributed by atoms with van der Waals surface area (Å²) in [5, 5.41) is 5.50. The van der Waals surface area contributed by atoms with Crippen molar-refractivity contribution < 1.29 is 18.7 Å². The lowest BCUT2D eigenvalue weighted by atomic mass is 10.0. The zero-order valence-corrected chi connectivity index (χ0v) is 12.8. The molecule has 0 aliphatic carbocycles. The Kier molecular flexibility index (Phi) is 7.53. The van der Waals surface area contributed by atoms with Crippen molar-refractivity contribution in [3.05, 3.63) is 24.2 Å². The molecule has 2 N–H and O–H groups in total. The SMILES string of the molecule is CCOCCCNC(=O)[C@@H](NC(=O)c1ccco1)C(C)C. The van der Waals surface area contributed by atoms with Gasteiger partial charge in [-0.2, -0.15) is 0 Å². The van der Waals surface area contributed by atoms with Crippen molar-refractivity contribution >= 4 is 11.8 Å². The molecule has 2 amide bonds. The Hall–Kier alpha value is -1.82. The maximum atomic E-state index is 12.1. The topological polar surface area (TPSA) is 80.6 Å². The van der Waals surface area contributed by atoms with Crippen LogP contribution in [0.3, 0.4) is 0 Å². The van der Waals surface area contributed by atoms with E-state index in [4.69, 9.17) is 9.15 Å².